The standard InChI is InChI=1S/C17H26N4O/c1-13(15-4-3-8-18-10-15)20(2)17(22)19-16-7-9-21(12-16)11-14-5-6-14/h3-4,8,10,13-14,16H,5-7,9,11-12H2,1-2H3,(H,19,22)/t13-,16+/m1/s1. The van der Waals surface area contributed by atoms with Crippen molar-refractivity contribution in [2.24, 2.45) is 5.92 Å². The first-order chi connectivity index (χ1) is 10.6. The van der Waals surface area contributed by atoms with Gasteiger partial charge in [0.2, 0.25) is 0 Å². The van der Waals surface area contributed by atoms with Crippen molar-refractivity contribution in [1.29, 1.82) is 0 Å². The minimum Gasteiger partial charge on any atom is -0.334 e. The normalized spacial score (nSPS) is 23.3. The molecule has 2 heterocycles. The van der Waals surface area contributed by atoms with Crippen molar-refractivity contribution in [3.8, 4) is 0 Å². The van der Waals surface area contributed by atoms with E-state index in [0.29, 0.717) is 0 Å². The molecule has 0 bridgehead atoms. The van der Waals surface area contributed by atoms with Gasteiger partial charge < -0.3 is 15.1 Å². The second kappa shape index (κ2) is 6.65. The molecule has 1 aliphatic heterocycles. The van der Waals surface area contributed by atoms with Gasteiger partial charge in [0.25, 0.3) is 0 Å². The lowest BCUT2D eigenvalue weighted by atomic mass is 10.1. The Morgan fingerprint density at radius 1 is 1.50 bits per heavy atom. The highest BCUT2D eigenvalue weighted by Gasteiger charge is 2.30. The van der Waals surface area contributed by atoms with E-state index >= 15 is 0 Å². The maximum atomic E-state index is 12.4. The van der Waals surface area contributed by atoms with Crippen LogP contribution in [-0.4, -0.2) is 53.5 Å². The van der Waals surface area contributed by atoms with Crippen LogP contribution in [0.3, 0.4) is 0 Å². The first-order valence-corrected chi connectivity index (χ1v) is 8.29. The number of hydrogen-bond acceptors (Lipinski definition) is 3. The Morgan fingerprint density at radius 2 is 2.32 bits per heavy atom. The highest BCUT2D eigenvalue weighted by atomic mass is 16.2. The average Bonchev–Trinajstić information content (AvgIpc) is 3.25. The lowest BCUT2D eigenvalue weighted by Crippen LogP contribution is -2.45. The number of pyridine rings is 1. The van der Waals surface area contributed by atoms with Gasteiger partial charge in [0.05, 0.1) is 6.04 Å². The average molecular weight is 302 g/mol. The van der Waals surface area contributed by atoms with Gasteiger partial charge in [0.1, 0.15) is 0 Å². The number of aromatic nitrogens is 1. The van der Waals surface area contributed by atoms with Crippen LogP contribution in [0.25, 0.3) is 0 Å². The number of amides is 2. The summed E-state index contributed by atoms with van der Waals surface area (Å²) in [6, 6.07) is 4.24. The Labute approximate surface area is 132 Å². The van der Waals surface area contributed by atoms with Gasteiger partial charge in [0.15, 0.2) is 0 Å². The van der Waals surface area contributed by atoms with Crippen LogP contribution >= 0.6 is 0 Å². The number of hydrogen-bond donors (Lipinski definition) is 1. The van der Waals surface area contributed by atoms with Gasteiger partial charge in [-0.05, 0) is 43.7 Å². The molecular weight excluding hydrogens is 276 g/mol. The molecule has 0 radical (unpaired) electrons. The SMILES string of the molecule is C[C@H](c1cccnc1)N(C)C(=O)N[C@H]1CCN(CC2CC2)C1. The number of nitrogens with zero attached hydrogens (tertiary/aromatic N) is 3. The molecule has 5 nitrogen and oxygen atoms in total. The monoisotopic (exact) mass is 302 g/mol. The summed E-state index contributed by atoms with van der Waals surface area (Å²) in [6.07, 6.45) is 7.41. The maximum absolute atomic E-state index is 12.4. The smallest absolute Gasteiger partial charge is 0.317 e. The van der Waals surface area contributed by atoms with E-state index in [2.05, 4.69) is 15.2 Å². The van der Waals surface area contributed by atoms with E-state index in [0.717, 1.165) is 31.0 Å². The molecule has 0 spiro atoms. The van der Waals surface area contributed by atoms with E-state index in [-0.39, 0.29) is 18.1 Å². The number of likely N-dealkylation sites (tertiary alicyclic amines) is 1. The summed E-state index contributed by atoms with van der Waals surface area (Å²) in [5.41, 5.74) is 1.06. The number of rotatable bonds is 5. The Kier molecular flexibility index (Phi) is 4.62. The Bertz CT molecular complexity index is 503. The third kappa shape index (κ3) is 3.77. The van der Waals surface area contributed by atoms with Gasteiger partial charge in [0, 0.05) is 45.1 Å². The van der Waals surface area contributed by atoms with Crippen LogP contribution in [0.2, 0.25) is 0 Å². The summed E-state index contributed by atoms with van der Waals surface area (Å²) in [5.74, 6) is 0.919. The number of carbonyl (C=O) groups is 1. The number of carbonyl (C=O) groups excluding carboxylic acids is 1. The summed E-state index contributed by atoms with van der Waals surface area (Å²) in [5, 5.41) is 3.18. The van der Waals surface area contributed by atoms with Gasteiger partial charge in [-0.1, -0.05) is 6.07 Å². The molecule has 1 aromatic heterocycles. The van der Waals surface area contributed by atoms with Crippen molar-refractivity contribution in [3.63, 3.8) is 0 Å². The quantitative estimate of drug-likeness (QED) is 0.907. The topological polar surface area (TPSA) is 48.5 Å². The summed E-state index contributed by atoms with van der Waals surface area (Å²) in [6.45, 7) is 5.36. The summed E-state index contributed by atoms with van der Waals surface area (Å²) < 4.78 is 0. The van der Waals surface area contributed by atoms with Crippen LogP contribution in [-0.2, 0) is 0 Å². The largest absolute Gasteiger partial charge is 0.334 e. The lowest BCUT2D eigenvalue weighted by Gasteiger charge is -2.27. The molecule has 1 saturated carbocycles. The molecule has 2 amide bonds. The van der Waals surface area contributed by atoms with E-state index in [9.17, 15) is 4.79 Å². The molecular formula is C17H26N4O. The lowest BCUT2D eigenvalue weighted by molar-refractivity contribution is 0.190. The zero-order chi connectivity index (χ0) is 15.5. The zero-order valence-electron chi connectivity index (χ0n) is 13.5. The fourth-order valence-electron chi connectivity index (χ4n) is 3.08. The zero-order valence-corrected chi connectivity index (χ0v) is 13.5. The highest BCUT2D eigenvalue weighted by Crippen LogP contribution is 2.30. The Balaban J connectivity index is 1.48. The van der Waals surface area contributed by atoms with Crippen LogP contribution in [0.15, 0.2) is 24.5 Å². The minimum atomic E-state index is 0.00891. The molecule has 1 N–H and O–H groups in total. The molecule has 0 unspecified atom stereocenters. The van der Waals surface area contributed by atoms with Gasteiger partial charge in [-0.2, -0.15) is 0 Å². The molecule has 1 saturated heterocycles. The maximum Gasteiger partial charge on any atom is 0.317 e. The van der Waals surface area contributed by atoms with Gasteiger partial charge >= 0.3 is 6.03 Å². The summed E-state index contributed by atoms with van der Waals surface area (Å²) in [4.78, 5) is 20.8. The second-order valence-electron chi connectivity index (χ2n) is 6.71. The van der Waals surface area contributed by atoms with Gasteiger partial charge in [-0.15, -0.1) is 0 Å². The van der Waals surface area contributed by atoms with Crippen LogP contribution in [0, 0.1) is 5.92 Å². The summed E-state index contributed by atoms with van der Waals surface area (Å²) >= 11 is 0. The van der Waals surface area contributed by atoms with Gasteiger partial charge in [-0.25, -0.2) is 4.79 Å². The van der Waals surface area contributed by atoms with Crippen LogP contribution in [0.5, 0.6) is 0 Å². The van der Waals surface area contributed by atoms with Crippen LogP contribution < -0.4 is 5.32 Å². The fraction of sp³-hybridized carbons (Fsp3) is 0.647. The van der Waals surface area contributed by atoms with Crippen molar-refractivity contribution < 1.29 is 4.79 Å². The summed E-state index contributed by atoms with van der Waals surface area (Å²) in [7, 11) is 1.85. The van der Waals surface area contributed by atoms with Crippen molar-refractivity contribution >= 4 is 6.03 Å². The third-order valence-corrected chi connectivity index (χ3v) is 4.88. The van der Waals surface area contributed by atoms with Crippen LogP contribution in [0.1, 0.15) is 37.8 Å². The van der Waals surface area contributed by atoms with Crippen molar-refractivity contribution in [2.45, 2.75) is 38.3 Å². The number of urea groups is 1. The molecule has 2 fully saturated rings. The van der Waals surface area contributed by atoms with Gasteiger partial charge in [-0.3, -0.25) is 4.98 Å². The molecule has 2 aliphatic rings. The van der Waals surface area contributed by atoms with Crippen molar-refractivity contribution in [1.82, 2.24) is 20.1 Å². The van der Waals surface area contributed by atoms with Crippen molar-refractivity contribution in [2.75, 3.05) is 26.7 Å². The van der Waals surface area contributed by atoms with Crippen molar-refractivity contribution in [3.05, 3.63) is 30.1 Å². The molecule has 1 aliphatic carbocycles. The van der Waals surface area contributed by atoms with E-state index in [1.807, 2.05) is 32.3 Å². The predicted molar refractivity (Wildman–Crippen MR) is 86.5 cm³/mol. The third-order valence-electron chi connectivity index (χ3n) is 4.88. The van der Waals surface area contributed by atoms with E-state index in [1.54, 1.807) is 11.1 Å². The van der Waals surface area contributed by atoms with E-state index in [4.69, 9.17) is 0 Å². The molecule has 1 aromatic rings. The molecule has 3 rings (SSSR count). The molecule has 0 aromatic carbocycles. The number of nitrogens with one attached hydrogen (secondary N) is 1. The highest BCUT2D eigenvalue weighted by molar-refractivity contribution is 5.74. The first kappa shape index (κ1) is 15.3. The fourth-order valence-corrected chi connectivity index (χ4v) is 3.08. The van der Waals surface area contributed by atoms with Crippen LogP contribution in [0.4, 0.5) is 4.79 Å². The molecule has 22 heavy (non-hydrogen) atoms. The molecule has 2 atom stereocenters. The first-order valence-electron chi connectivity index (χ1n) is 8.29. The van der Waals surface area contributed by atoms with E-state index < -0.39 is 0 Å². The Morgan fingerprint density at radius 3 is 3.00 bits per heavy atom. The minimum absolute atomic E-state index is 0.00891. The predicted octanol–water partition coefficient (Wildman–Crippen LogP) is 2.27. The molecule has 5 heteroatoms. The Hall–Kier alpha value is -1.62. The molecule has 120 valence electrons. The van der Waals surface area contributed by atoms with E-state index in [1.165, 1.54) is 19.4 Å². The second-order valence-corrected chi connectivity index (χ2v) is 6.71.